The summed E-state index contributed by atoms with van der Waals surface area (Å²) < 4.78 is 36.4. The van der Waals surface area contributed by atoms with Gasteiger partial charge in [-0.15, -0.1) is 0 Å². The lowest BCUT2D eigenvalue weighted by Crippen LogP contribution is -2.39. The number of aryl methyl sites for hydroxylation is 1. The maximum atomic E-state index is 12.1. The molecule has 0 amide bonds. The first-order valence-corrected chi connectivity index (χ1v) is 4.13. The summed E-state index contributed by atoms with van der Waals surface area (Å²) in [5, 5.41) is 0. The monoisotopic (exact) mass is 204 g/mol. The maximum Gasteiger partial charge on any atom is 0.403 e. The molecule has 0 spiro atoms. The molecule has 0 saturated carbocycles. The zero-order valence-electron chi connectivity index (χ0n) is 7.67. The molecule has 0 fully saturated rings. The molecular weight excluding hydrogens is 193 g/mol. The minimum atomic E-state index is -4.34. The second-order valence-electron chi connectivity index (χ2n) is 3.15. The van der Waals surface area contributed by atoms with Crippen molar-refractivity contribution in [1.82, 2.24) is 4.98 Å². The van der Waals surface area contributed by atoms with Crippen molar-refractivity contribution in [2.24, 2.45) is 5.73 Å². The van der Waals surface area contributed by atoms with E-state index in [0.29, 0.717) is 5.56 Å². The van der Waals surface area contributed by atoms with Gasteiger partial charge in [-0.2, -0.15) is 13.2 Å². The molecule has 1 atom stereocenters. The molecular formula is C9H11F3N2. The molecule has 0 radical (unpaired) electrons. The van der Waals surface area contributed by atoms with Gasteiger partial charge in [-0.3, -0.25) is 4.98 Å². The first kappa shape index (κ1) is 11.0. The number of nitrogens with zero attached hydrogens (tertiary/aromatic N) is 1. The molecule has 0 saturated heterocycles. The van der Waals surface area contributed by atoms with Crippen molar-refractivity contribution in [3.05, 3.63) is 29.6 Å². The first-order valence-electron chi connectivity index (χ1n) is 4.13. The van der Waals surface area contributed by atoms with Gasteiger partial charge in [-0.25, -0.2) is 0 Å². The van der Waals surface area contributed by atoms with E-state index in [4.69, 9.17) is 5.73 Å². The standard InChI is InChI=1S/C9H11F3N2/c1-6-5-14-3-2-7(6)4-8(13)9(10,11)12/h2-3,5,8H,4,13H2,1H3. The molecule has 0 aliphatic rings. The molecule has 2 nitrogen and oxygen atoms in total. The van der Waals surface area contributed by atoms with Crippen LogP contribution in [0.3, 0.4) is 0 Å². The largest absolute Gasteiger partial charge is 0.403 e. The molecule has 0 aliphatic heterocycles. The van der Waals surface area contributed by atoms with Gasteiger partial charge >= 0.3 is 6.18 Å². The fraction of sp³-hybridized carbons (Fsp3) is 0.444. The summed E-state index contributed by atoms with van der Waals surface area (Å²) in [4.78, 5) is 3.79. The van der Waals surface area contributed by atoms with Crippen LogP contribution in [-0.4, -0.2) is 17.2 Å². The quantitative estimate of drug-likeness (QED) is 0.798. The first-order chi connectivity index (χ1) is 6.41. The highest BCUT2D eigenvalue weighted by Gasteiger charge is 2.36. The van der Waals surface area contributed by atoms with Gasteiger partial charge in [0.15, 0.2) is 0 Å². The highest BCUT2D eigenvalue weighted by molar-refractivity contribution is 5.22. The number of nitrogens with two attached hydrogens (primary N) is 1. The molecule has 0 aliphatic carbocycles. The SMILES string of the molecule is Cc1cnccc1CC(N)C(F)(F)F. The van der Waals surface area contributed by atoms with Gasteiger partial charge in [0, 0.05) is 12.4 Å². The number of hydrogen-bond acceptors (Lipinski definition) is 2. The van der Waals surface area contributed by atoms with Crippen LogP contribution in [0.1, 0.15) is 11.1 Å². The molecule has 5 heteroatoms. The Morgan fingerprint density at radius 3 is 2.64 bits per heavy atom. The number of halogens is 3. The van der Waals surface area contributed by atoms with E-state index in [1.54, 1.807) is 13.0 Å². The molecule has 1 aromatic rings. The summed E-state index contributed by atoms with van der Waals surface area (Å²) >= 11 is 0. The van der Waals surface area contributed by atoms with Crippen LogP contribution in [0.4, 0.5) is 13.2 Å². The predicted molar refractivity (Wildman–Crippen MR) is 46.7 cm³/mol. The van der Waals surface area contributed by atoms with Crippen LogP contribution in [0, 0.1) is 6.92 Å². The highest BCUT2D eigenvalue weighted by Crippen LogP contribution is 2.22. The fourth-order valence-corrected chi connectivity index (χ4v) is 1.08. The Kier molecular flexibility index (Phi) is 3.10. The minimum Gasteiger partial charge on any atom is -0.320 e. The summed E-state index contributed by atoms with van der Waals surface area (Å²) in [6.45, 7) is 1.71. The summed E-state index contributed by atoms with van der Waals surface area (Å²) in [6, 6.07) is -0.246. The molecule has 1 aromatic heterocycles. The van der Waals surface area contributed by atoms with Gasteiger partial charge in [-0.1, -0.05) is 0 Å². The zero-order valence-corrected chi connectivity index (χ0v) is 7.67. The van der Waals surface area contributed by atoms with Gasteiger partial charge in [0.05, 0.1) is 0 Å². The van der Waals surface area contributed by atoms with Crippen molar-refractivity contribution in [1.29, 1.82) is 0 Å². The molecule has 1 rings (SSSR count). The molecule has 14 heavy (non-hydrogen) atoms. The van der Waals surface area contributed by atoms with Gasteiger partial charge in [0.2, 0.25) is 0 Å². The average Bonchev–Trinajstić information content (AvgIpc) is 2.07. The molecule has 0 bridgehead atoms. The van der Waals surface area contributed by atoms with E-state index in [2.05, 4.69) is 4.98 Å². The van der Waals surface area contributed by atoms with Crippen molar-refractivity contribution >= 4 is 0 Å². The van der Waals surface area contributed by atoms with Gasteiger partial charge in [0.1, 0.15) is 6.04 Å². The van der Waals surface area contributed by atoms with Crippen LogP contribution in [-0.2, 0) is 6.42 Å². The van der Waals surface area contributed by atoms with Crippen LogP contribution in [0.25, 0.3) is 0 Å². The van der Waals surface area contributed by atoms with Crippen molar-refractivity contribution in [3.63, 3.8) is 0 Å². The van der Waals surface area contributed by atoms with E-state index in [-0.39, 0.29) is 6.42 Å². The Hall–Kier alpha value is -1.10. The number of alkyl halides is 3. The number of hydrogen-bond donors (Lipinski definition) is 1. The number of rotatable bonds is 2. The Morgan fingerprint density at radius 1 is 1.50 bits per heavy atom. The van der Waals surface area contributed by atoms with E-state index in [1.165, 1.54) is 12.4 Å². The van der Waals surface area contributed by atoms with Crippen molar-refractivity contribution in [2.45, 2.75) is 25.6 Å². The second kappa shape index (κ2) is 3.96. The molecule has 1 heterocycles. The lowest BCUT2D eigenvalue weighted by Gasteiger charge is -2.16. The van der Waals surface area contributed by atoms with E-state index in [0.717, 1.165) is 5.56 Å². The minimum absolute atomic E-state index is 0.197. The van der Waals surface area contributed by atoms with Gasteiger partial charge in [-0.05, 0) is 30.5 Å². The number of aromatic nitrogens is 1. The lowest BCUT2D eigenvalue weighted by molar-refractivity contribution is -0.147. The second-order valence-corrected chi connectivity index (χ2v) is 3.15. The van der Waals surface area contributed by atoms with E-state index in [1.807, 2.05) is 0 Å². The van der Waals surface area contributed by atoms with E-state index in [9.17, 15) is 13.2 Å². The third kappa shape index (κ3) is 2.70. The van der Waals surface area contributed by atoms with Crippen LogP contribution < -0.4 is 5.73 Å². The molecule has 78 valence electrons. The van der Waals surface area contributed by atoms with Gasteiger partial charge < -0.3 is 5.73 Å². The van der Waals surface area contributed by atoms with Crippen LogP contribution in [0.2, 0.25) is 0 Å². The summed E-state index contributed by atoms with van der Waals surface area (Å²) in [7, 11) is 0. The Morgan fingerprint density at radius 2 is 2.14 bits per heavy atom. The van der Waals surface area contributed by atoms with Crippen LogP contribution in [0.5, 0.6) is 0 Å². The predicted octanol–water partition coefficient (Wildman–Crippen LogP) is 1.82. The zero-order chi connectivity index (χ0) is 10.8. The summed E-state index contributed by atoms with van der Waals surface area (Å²) in [5.74, 6) is 0. The normalized spacial score (nSPS) is 14.1. The Labute approximate surface area is 79.9 Å². The molecule has 1 unspecified atom stereocenters. The van der Waals surface area contributed by atoms with Crippen molar-refractivity contribution in [2.75, 3.05) is 0 Å². The smallest absolute Gasteiger partial charge is 0.320 e. The van der Waals surface area contributed by atoms with Crippen LogP contribution >= 0.6 is 0 Å². The Balaban J connectivity index is 2.75. The summed E-state index contributed by atoms with van der Waals surface area (Å²) in [5.41, 5.74) is 6.32. The topological polar surface area (TPSA) is 38.9 Å². The molecule has 0 aromatic carbocycles. The third-order valence-electron chi connectivity index (χ3n) is 2.00. The van der Waals surface area contributed by atoms with Crippen molar-refractivity contribution < 1.29 is 13.2 Å². The van der Waals surface area contributed by atoms with Crippen LogP contribution in [0.15, 0.2) is 18.5 Å². The fourth-order valence-electron chi connectivity index (χ4n) is 1.08. The summed E-state index contributed by atoms with van der Waals surface area (Å²) in [6.07, 6.45) is -1.54. The van der Waals surface area contributed by atoms with E-state index < -0.39 is 12.2 Å². The average molecular weight is 204 g/mol. The molecule has 2 N–H and O–H groups in total. The lowest BCUT2D eigenvalue weighted by atomic mass is 10.0. The highest BCUT2D eigenvalue weighted by atomic mass is 19.4. The van der Waals surface area contributed by atoms with E-state index >= 15 is 0 Å². The van der Waals surface area contributed by atoms with Crippen molar-refractivity contribution in [3.8, 4) is 0 Å². The number of pyridine rings is 1. The van der Waals surface area contributed by atoms with Gasteiger partial charge in [0.25, 0.3) is 0 Å². The third-order valence-corrected chi connectivity index (χ3v) is 2.00. The maximum absolute atomic E-state index is 12.1. The Bertz CT molecular complexity index is 309.